The van der Waals surface area contributed by atoms with E-state index >= 15 is 0 Å². The van der Waals surface area contributed by atoms with Crippen LogP contribution in [0.5, 0.6) is 0 Å². The van der Waals surface area contributed by atoms with Crippen molar-refractivity contribution in [1.82, 2.24) is 19.7 Å². The Labute approximate surface area is 118 Å². The molecule has 2 aromatic rings. The van der Waals surface area contributed by atoms with E-state index < -0.39 is 0 Å². The summed E-state index contributed by atoms with van der Waals surface area (Å²) < 4.78 is 1.89. The summed E-state index contributed by atoms with van der Waals surface area (Å²) in [4.78, 5) is 6.43. The van der Waals surface area contributed by atoms with Crippen molar-refractivity contribution in [3.05, 3.63) is 48.0 Å². The maximum absolute atomic E-state index is 9.17. The van der Waals surface area contributed by atoms with Crippen LogP contribution >= 0.6 is 0 Å². The smallest absolute Gasteiger partial charge is 0.137 e. The largest absolute Gasteiger partial charge is 0.294 e. The highest BCUT2D eigenvalue weighted by Gasteiger charge is 2.25. The number of rotatable bonds is 4. The van der Waals surface area contributed by atoms with E-state index in [-0.39, 0.29) is 0 Å². The number of hydrogen-bond acceptors (Lipinski definition) is 4. The molecular formula is C15H17N5. The average molecular weight is 267 g/mol. The number of nitrogens with zero attached hydrogens (tertiary/aromatic N) is 5. The summed E-state index contributed by atoms with van der Waals surface area (Å²) in [5.74, 6) is 0. The van der Waals surface area contributed by atoms with Gasteiger partial charge < -0.3 is 0 Å². The summed E-state index contributed by atoms with van der Waals surface area (Å²) in [7, 11) is 0. The zero-order chi connectivity index (χ0) is 13.8. The summed E-state index contributed by atoms with van der Waals surface area (Å²) in [5.41, 5.74) is 1.89. The van der Waals surface area contributed by atoms with Gasteiger partial charge in [0, 0.05) is 12.6 Å². The summed E-state index contributed by atoms with van der Waals surface area (Å²) in [6.07, 6.45) is 5.71. The third kappa shape index (κ3) is 2.70. The van der Waals surface area contributed by atoms with Gasteiger partial charge in [-0.15, -0.1) is 0 Å². The van der Waals surface area contributed by atoms with Gasteiger partial charge in [0.2, 0.25) is 0 Å². The van der Waals surface area contributed by atoms with Gasteiger partial charge in [0.1, 0.15) is 12.7 Å². The molecule has 1 aromatic heterocycles. The third-order valence-corrected chi connectivity index (χ3v) is 3.87. The van der Waals surface area contributed by atoms with E-state index in [0.29, 0.717) is 6.04 Å². The Balaban J connectivity index is 1.71. The molecule has 0 radical (unpaired) electrons. The summed E-state index contributed by atoms with van der Waals surface area (Å²) in [6, 6.07) is 10.6. The van der Waals surface area contributed by atoms with Crippen LogP contribution in [0.15, 0.2) is 36.9 Å². The van der Waals surface area contributed by atoms with E-state index in [1.165, 1.54) is 12.8 Å². The van der Waals surface area contributed by atoms with Gasteiger partial charge in [0.15, 0.2) is 0 Å². The van der Waals surface area contributed by atoms with Gasteiger partial charge in [0.05, 0.1) is 18.2 Å². The Bertz CT molecular complexity index is 599. The zero-order valence-corrected chi connectivity index (χ0v) is 11.3. The van der Waals surface area contributed by atoms with Gasteiger partial charge in [-0.1, -0.05) is 18.2 Å². The first-order chi connectivity index (χ1) is 9.86. The van der Waals surface area contributed by atoms with E-state index in [1.807, 2.05) is 28.9 Å². The lowest BCUT2D eigenvalue weighted by molar-refractivity contribution is 0.219. The number of aromatic nitrogens is 3. The fourth-order valence-corrected chi connectivity index (χ4v) is 2.84. The van der Waals surface area contributed by atoms with Crippen molar-refractivity contribution in [1.29, 1.82) is 5.26 Å². The summed E-state index contributed by atoms with van der Waals surface area (Å²) >= 11 is 0. The van der Waals surface area contributed by atoms with E-state index in [2.05, 4.69) is 21.1 Å². The standard InChI is InChI=1S/C15H17N5/c16-8-13-4-1-2-5-14(13)9-19-7-3-6-15(19)10-20-12-17-11-18-20/h1-2,4-5,11-12,15H,3,6-7,9-10H2. The highest BCUT2D eigenvalue weighted by atomic mass is 15.3. The molecule has 1 aliphatic rings. The van der Waals surface area contributed by atoms with Crippen molar-refractivity contribution < 1.29 is 0 Å². The topological polar surface area (TPSA) is 57.7 Å². The molecule has 0 amide bonds. The predicted molar refractivity (Wildman–Crippen MR) is 74.6 cm³/mol. The van der Waals surface area contributed by atoms with Crippen LogP contribution in [-0.2, 0) is 13.1 Å². The maximum atomic E-state index is 9.17. The van der Waals surface area contributed by atoms with Crippen LogP contribution in [0, 0.1) is 11.3 Å². The minimum absolute atomic E-state index is 0.475. The number of hydrogen-bond donors (Lipinski definition) is 0. The van der Waals surface area contributed by atoms with Gasteiger partial charge in [-0.05, 0) is 31.0 Å². The fourth-order valence-electron chi connectivity index (χ4n) is 2.84. The van der Waals surface area contributed by atoms with Crippen LogP contribution in [0.3, 0.4) is 0 Å². The minimum atomic E-state index is 0.475. The zero-order valence-electron chi connectivity index (χ0n) is 11.3. The lowest BCUT2D eigenvalue weighted by atomic mass is 10.1. The van der Waals surface area contributed by atoms with Crippen LogP contribution in [0.25, 0.3) is 0 Å². The fraction of sp³-hybridized carbons (Fsp3) is 0.400. The Morgan fingerprint density at radius 2 is 2.25 bits per heavy atom. The van der Waals surface area contributed by atoms with E-state index in [4.69, 9.17) is 0 Å². The predicted octanol–water partition coefficient (Wildman–Crippen LogP) is 1.81. The quantitative estimate of drug-likeness (QED) is 0.847. The Kier molecular flexibility index (Phi) is 3.75. The molecule has 5 heteroatoms. The first kappa shape index (κ1) is 12.8. The second kappa shape index (κ2) is 5.85. The van der Waals surface area contributed by atoms with Crippen molar-refractivity contribution in [2.75, 3.05) is 6.54 Å². The molecule has 0 aliphatic carbocycles. The molecule has 1 atom stereocenters. The number of benzene rings is 1. The normalized spacial score (nSPS) is 19.1. The lowest BCUT2D eigenvalue weighted by Crippen LogP contribution is -2.32. The van der Waals surface area contributed by atoms with Gasteiger partial charge in [0.25, 0.3) is 0 Å². The summed E-state index contributed by atoms with van der Waals surface area (Å²) in [5, 5.41) is 13.4. The highest BCUT2D eigenvalue weighted by molar-refractivity contribution is 5.37. The highest BCUT2D eigenvalue weighted by Crippen LogP contribution is 2.22. The Morgan fingerprint density at radius 3 is 3.05 bits per heavy atom. The molecule has 2 heterocycles. The van der Waals surface area contributed by atoms with Gasteiger partial charge in [-0.25, -0.2) is 4.98 Å². The molecule has 0 N–H and O–H groups in total. The SMILES string of the molecule is N#Cc1ccccc1CN1CCCC1Cn1cncn1. The minimum Gasteiger partial charge on any atom is -0.294 e. The molecule has 1 unspecified atom stereocenters. The van der Waals surface area contributed by atoms with E-state index in [9.17, 15) is 5.26 Å². The second-order valence-electron chi connectivity index (χ2n) is 5.15. The molecular weight excluding hydrogens is 250 g/mol. The van der Waals surface area contributed by atoms with Crippen molar-refractivity contribution in [2.24, 2.45) is 0 Å². The first-order valence-corrected chi connectivity index (χ1v) is 6.91. The Hall–Kier alpha value is -2.19. The molecule has 20 heavy (non-hydrogen) atoms. The molecule has 1 aromatic carbocycles. The number of nitriles is 1. The van der Waals surface area contributed by atoms with Gasteiger partial charge in [-0.2, -0.15) is 10.4 Å². The number of likely N-dealkylation sites (tertiary alicyclic amines) is 1. The second-order valence-corrected chi connectivity index (χ2v) is 5.15. The average Bonchev–Trinajstić information content (AvgIpc) is 3.13. The molecule has 102 valence electrons. The van der Waals surface area contributed by atoms with Crippen molar-refractivity contribution in [2.45, 2.75) is 32.0 Å². The molecule has 5 nitrogen and oxygen atoms in total. The van der Waals surface area contributed by atoms with Crippen LogP contribution < -0.4 is 0 Å². The Morgan fingerprint density at radius 1 is 1.35 bits per heavy atom. The molecule has 1 aliphatic heterocycles. The van der Waals surface area contributed by atoms with Crippen LogP contribution in [0.1, 0.15) is 24.0 Å². The van der Waals surface area contributed by atoms with Crippen LogP contribution in [-0.4, -0.2) is 32.3 Å². The molecule has 0 spiro atoms. The van der Waals surface area contributed by atoms with Crippen LogP contribution in [0.2, 0.25) is 0 Å². The first-order valence-electron chi connectivity index (χ1n) is 6.91. The molecule has 3 rings (SSSR count). The van der Waals surface area contributed by atoms with Gasteiger partial charge >= 0.3 is 0 Å². The molecule has 0 bridgehead atoms. The van der Waals surface area contributed by atoms with Crippen molar-refractivity contribution in [3.63, 3.8) is 0 Å². The van der Waals surface area contributed by atoms with Gasteiger partial charge in [-0.3, -0.25) is 9.58 Å². The monoisotopic (exact) mass is 267 g/mol. The molecule has 1 fully saturated rings. The lowest BCUT2D eigenvalue weighted by Gasteiger charge is -2.24. The summed E-state index contributed by atoms with van der Waals surface area (Å²) in [6.45, 7) is 2.79. The van der Waals surface area contributed by atoms with Crippen molar-refractivity contribution >= 4 is 0 Å². The third-order valence-electron chi connectivity index (χ3n) is 3.87. The van der Waals surface area contributed by atoms with Crippen molar-refractivity contribution in [3.8, 4) is 6.07 Å². The van der Waals surface area contributed by atoms with E-state index in [1.54, 1.807) is 12.7 Å². The molecule has 1 saturated heterocycles. The van der Waals surface area contributed by atoms with E-state index in [0.717, 1.165) is 30.8 Å². The van der Waals surface area contributed by atoms with Crippen LogP contribution in [0.4, 0.5) is 0 Å². The molecule has 0 saturated carbocycles. The maximum Gasteiger partial charge on any atom is 0.137 e.